The molecule has 8 heteroatoms. The molecule has 1 N–H and O–H groups in total. The van der Waals surface area contributed by atoms with Gasteiger partial charge in [0.1, 0.15) is 39.2 Å². The number of rotatable bonds is 7. The molecule has 5 nitrogen and oxygen atoms in total. The van der Waals surface area contributed by atoms with Gasteiger partial charge in [-0.3, -0.25) is 0 Å². The van der Waals surface area contributed by atoms with Gasteiger partial charge in [0.15, 0.2) is 0 Å². The Morgan fingerprint density at radius 3 is 0.918 bits per heavy atom. The van der Waals surface area contributed by atoms with E-state index in [9.17, 15) is 0 Å². The number of benzene rings is 15. The van der Waals surface area contributed by atoms with E-state index in [-0.39, 0.29) is 21.7 Å². The molecule has 22 rings (SSSR count). The van der Waals surface area contributed by atoms with Crippen molar-refractivity contribution >= 4 is 105 Å². The third-order valence-corrected chi connectivity index (χ3v) is 25.4. The van der Waals surface area contributed by atoms with E-state index in [0.717, 1.165) is 85.9 Å². The topological polar surface area (TPSA) is 68.9 Å². The Morgan fingerprint density at radius 1 is 0.255 bits per heavy atom. The molecule has 0 spiro atoms. The van der Waals surface area contributed by atoms with Crippen LogP contribution >= 0.6 is 31.9 Å². The highest BCUT2D eigenvalue weighted by molar-refractivity contribution is 9.10. The van der Waals surface area contributed by atoms with Crippen LogP contribution in [0.4, 0.5) is 0 Å². The molecule has 0 saturated carbocycles. The minimum atomic E-state index is -0.203. The van der Waals surface area contributed by atoms with Crippen molar-refractivity contribution in [3.63, 3.8) is 0 Å². The first-order valence-electron chi connectivity index (χ1n) is 37.7. The quantitative estimate of drug-likeness (QED) is 0.161. The fourth-order valence-electron chi connectivity index (χ4n) is 18.8. The van der Waals surface area contributed by atoms with Gasteiger partial charge in [-0.2, -0.15) is 0 Å². The summed E-state index contributed by atoms with van der Waals surface area (Å²) < 4.78 is 25.9. The van der Waals surface area contributed by atoms with Gasteiger partial charge in [-0.05, 0) is 260 Å². The third kappa shape index (κ3) is 10.6. The molecule has 15 aromatic carbocycles. The van der Waals surface area contributed by atoms with E-state index >= 15 is 0 Å². The molecule has 3 aromatic heterocycles. The van der Waals surface area contributed by atoms with E-state index in [1.54, 1.807) is 6.07 Å². The molecule has 110 heavy (non-hydrogen) atoms. The van der Waals surface area contributed by atoms with Crippen LogP contribution in [0.2, 0.25) is 0 Å². The van der Waals surface area contributed by atoms with E-state index in [1.165, 1.54) is 134 Å². The van der Waals surface area contributed by atoms with Crippen LogP contribution in [-0.4, -0.2) is 12.7 Å². The van der Waals surface area contributed by atoms with Crippen LogP contribution in [0.5, 0.6) is 5.75 Å². The minimum absolute atomic E-state index is 0.00937. The van der Waals surface area contributed by atoms with Crippen LogP contribution in [0.1, 0.15) is 99.9 Å². The van der Waals surface area contributed by atoms with E-state index in [2.05, 4.69) is 342 Å². The maximum atomic E-state index is 8.78. The molecule has 3 heterocycles. The first-order valence-corrected chi connectivity index (χ1v) is 39.3. The van der Waals surface area contributed by atoms with Gasteiger partial charge < -0.3 is 22.9 Å². The zero-order valence-electron chi connectivity index (χ0n) is 62.2. The fourth-order valence-corrected chi connectivity index (χ4v) is 19.5. The average Bonchev–Trinajstić information content (AvgIpc) is 1.53. The Hall–Kier alpha value is -11.5. The molecular formula is C102H74BBr2O5. The average molecular weight is 1550 g/mol. The monoisotopic (exact) mass is 1550 g/mol. The highest BCUT2D eigenvalue weighted by Gasteiger charge is 2.47. The second-order valence-electron chi connectivity index (χ2n) is 32.1. The van der Waals surface area contributed by atoms with Crippen LogP contribution in [-0.2, 0) is 21.7 Å². The van der Waals surface area contributed by atoms with E-state index in [4.69, 9.17) is 22.9 Å². The summed E-state index contributed by atoms with van der Waals surface area (Å²) in [6.45, 7) is 19.1. The van der Waals surface area contributed by atoms with Crippen molar-refractivity contribution in [2.24, 2.45) is 0 Å². The molecule has 529 valence electrons. The number of fused-ring (bicyclic) bond motifs is 23. The largest absolute Gasteiger partial charge is 0.569 e. The lowest BCUT2D eigenvalue weighted by atomic mass is 9.77. The van der Waals surface area contributed by atoms with Crippen molar-refractivity contribution in [3.05, 3.63) is 351 Å². The van der Waals surface area contributed by atoms with Crippen LogP contribution in [0, 0.1) is 0 Å². The molecule has 0 unspecified atom stereocenters. The van der Waals surface area contributed by atoms with Crippen molar-refractivity contribution in [3.8, 4) is 106 Å². The first-order chi connectivity index (χ1) is 53.3. The summed E-state index contributed by atoms with van der Waals surface area (Å²) in [6, 6.07) is 107. The summed E-state index contributed by atoms with van der Waals surface area (Å²) >= 11 is 7.34. The lowest BCUT2D eigenvalue weighted by Crippen LogP contribution is -2.18. The van der Waals surface area contributed by atoms with Crippen LogP contribution < -0.4 is 4.65 Å². The van der Waals surface area contributed by atoms with Gasteiger partial charge in [0.2, 0.25) is 0 Å². The van der Waals surface area contributed by atoms with Crippen LogP contribution in [0.25, 0.3) is 166 Å². The molecule has 0 aliphatic heterocycles. The number of hydrogen-bond acceptors (Lipinski definition) is 5. The Labute approximate surface area is 657 Å². The molecule has 0 atom stereocenters. The molecule has 1 radical (unpaired) electrons. The van der Waals surface area contributed by atoms with Crippen molar-refractivity contribution in [2.45, 2.75) is 77.0 Å². The van der Waals surface area contributed by atoms with E-state index in [0.29, 0.717) is 13.4 Å². The predicted molar refractivity (Wildman–Crippen MR) is 463 cm³/mol. The van der Waals surface area contributed by atoms with E-state index < -0.39 is 0 Å². The van der Waals surface area contributed by atoms with Gasteiger partial charge in [0.25, 0.3) is 0 Å². The SMILES string of the molecule is CC1(C)c2cc(-c3ccc4oc5ccc(-c6ccccc6)cc5c4c3)ccc2-c2c1ccc1c2C(C)(C)c2cc(-c3ccc4oc5ccc(-c6ccccc6)cc5c4c3)ccc2-1.CC1(C)c2cc(Br)ccc2-c2c1ccc1c2C(C)(C)c2cc(Br)ccc2-1.O[B]Oc1ccc2oc3ccc(-c4ccccc4)cc3c2c1. The number of halogens is 2. The molecule has 4 aliphatic rings. The minimum Gasteiger partial charge on any atom is -0.537 e. The third-order valence-electron chi connectivity index (χ3n) is 24.4. The maximum Gasteiger partial charge on any atom is 0.569 e. The smallest absolute Gasteiger partial charge is 0.537 e. The second kappa shape index (κ2) is 25.3. The van der Waals surface area contributed by atoms with Gasteiger partial charge in [0.05, 0.1) is 0 Å². The summed E-state index contributed by atoms with van der Waals surface area (Å²) in [7, 11) is 0.679. The number of hydrogen-bond donors (Lipinski definition) is 1. The van der Waals surface area contributed by atoms with Crippen LogP contribution in [0.3, 0.4) is 0 Å². The Balaban J connectivity index is 0.000000134. The molecular weight excluding hydrogens is 1480 g/mol. The Morgan fingerprint density at radius 2 is 0.536 bits per heavy atom. The fraction of sp³-hybridized carbons (Fsp3) is 0.118. The van der Waals surface area contributed by atoms with E-state index in [1.807, 2.05) is 36.4 Å². The van der Waals surface area contributed by atoms with Crippen molar-refractivity contribution < 1.29 is 22.9 Å². The normalized spacial score (nSPS) is 14.4. The zero-order valence-corrected chi connectivity index (χ0v) is 65.4. The zero-order chi connectivity index (χ0) is 74.9. The molecule has 0 fully saturated rings. The molecule has 0 bridgehead atoms. The lowest BCUT2D eigenvalue weighted by Gasteiger charge is -2.26. The summed E-state index contributed by atoms with van der Waals surface area (Å²) in [4.78, 5) is 0. The van der Waals surface area contributed by atoms with Gasteiger partial charge >= 0.3 is 7.69 Å². The summed E-state index contributed by atoms with van der Waals surface area (Å²) in [6.07, 6.45) is 0. The maximum absolute atomic E-state index is 8.78. The molecule has 4 aliphatic carbocycles. The molecule has 0 saturated heterocycles. The second-order valence-corrected chi connectivity index (χ2v) is 33.9. The summed E-state index contributed by atoms with van der Waals surface area (Å²) in [5.74, 6) is 0.572. The van der Waals surface area contributed by atoms with Gasteiger partial charge in [-0.15, -0.1) is 0 Å². The lowest BCUT2D eigenvalue weighted by molar-refractivity contribution is 0.454. The Kier molecular flexibility index (Phi) is 15.6. The Bertz CT molecular complexity index is 6870. The standard InChI is InChI=1S/C60H42O2.C24H20Br2.C18H12BO3/c1-59(2)50-24-23-44-43-21-15-41(39-19-27-55-48(31-39)46-29-37(17-25-53(46)61-55)35-11-7-5-8-12-35)33-51(43)60(3,4)58(44)57(50)45-22-16-42(34-52(45)59)40-20-28-56-49(32-40)47-30-38(18-26-54(47)62-56)36-13-9-6-10-14-36;1-23(2)18-10-9-16-15-7-5-13(25)11-19(15)24(3,4)22(16)21(18)17-8-6-14(26)12-20(17)23;20-19-22-14-7-9-18-16(11-14)15-10-13(6-8-17(15)21-18)12-4-2-1-3-5-12/h5-34H,1-4H3;5-12H,1-4H3;1-11,20H. The van der Waals surface area contributed by atoms with Crippen molar-refractivity contribution in [1.29, 1.82) is 0 Å². The predicted octanol–water partition coefficient (Wildman–Crippen LogP) is 28.7. The molecule has 0 amide bonds. The summed E-state index contributed by atoms with van der Waals surface area (Å²) in [5, 5.41) is 15.3. The van der Waals surface area contributed by atoms with Crippen molar-refractivity contribution in [2.75, 3.05) is 0 Å². The van der Waals surface area contributed by atoms with Gasteiger partial charge in [-0.25, -0.2) is 0 Å². The van der Waals surface area contributed by atoms with Crippen molar-refractivity contribution in [1.82, 2.24) is 0 Å². The van der Waals surface area contributed by atoms with Gasteiger partial charge in [0, 0.05) is 62.9 Å². The summed E-state index contributed by atoms with van der Waals surface area (Å²) in [5.41, 5.74) is 39.3. The number of furan rings is 3. The highest BCUT2D eigenvalue weighted by Crippen LogP contribution is 2.62. The highest BCUT2D eigenvalue weighted by atomic mass is 79.9. The van der Waals surface area contributed by atoms with Gasteiger partial charge in [-0.1, -0.05) is 269 Å². The molecule has 18 aromatic rings. The first kappa shape index (κ1) is 67.8. The van der Waals surface area contributed by atoms with Crippen LogP contribution in [0.15, 0.2) is 319 Å².